The highest BCUT2D eigenvalue weighted by atomic mass is 79.9. The molecule has 0 aliphatic carbocycles. The zero-order valence-electron chi connectivity index (χ0n) is 11.8. The fourth-order valence-corrected chi connectivity index (χ4v) is 3.86. The van der Waals surface area contributed by atoms with Crippen LogP contribution < -0.4 is 11.3 Å². The molecule has 0 fully saturated rings. The summed E-state index contributed by atoms with van der Waals surface area (Å²) in [5.74, 6) is 6.57. The molecule has 3 N–H and O–H groups in total. The molecule has 112 valence electrons. The Morgan fingerprint density at radius 3 is 2.76 bits per heavy atom. The Morgan fingerprint density at radius 2 is 2.10 bits per heavy atom. The van der Waals surface area contributed by atoms with Crippen LogP contribution in [0.25, 0.3) is 0 Å². The maximum Gasteiger partial charge on any atom is 0.0441 e. The van der Waals surface area contributed by atoms with E-state index in [2.05, 4.69) is 45.6 Å². The molecule has 0 amide bonds. The van der Waals surface area contributed by atoms with Crippen LogP contribution in [0.4, 0.5) is 0 Å². The highest BCUT2D eigenvalue weighted by molar-refractivity contribution is 9.10. The van der Waals surface area contributed by atoms with Gasteiger partial charge in [0.05, 0.1) is 0 Å². The standard InChI is InChI=1S/C16H18BrClN2S/c1-11-5-6-12(16(18)7-11)8-14(20-19)10-21-15-4-2-3-13(17)9-15/h2-7,9,14,20H,8,10,19H2,1H3. The van der Waals surface area contributed by atoms with E-state index in [-0.39, 0.29) is 6.04 Å². The fraction of sp³-hybridized carbons (Fsp3) is 0.250. The number of rotatable bonds is 6. The van der Waals surface area contributed by atoms with E-state index in [0.29, 0.717) is 0 Å². The number of hydrogen-bond acceptors (Lipinski definition) is 3. The Balaban J connectivity index is 1.97. The smallest absolute Gasteiger partial charge is 0.0441 e. The lowest BCUT2D eigenvalue weighted by molar-refractivity contribution is 0.575. The number of thioether (sulfide) groups is 1. The van der Waals surface area contributed by atoms with Crippen LogP contribution in [-0.4, -0.2) is 11.8 Å². The molecule has 2 aromatic rings. The van der Waals surface area contributed by atoms with Crippen molar-refractivity contribution in [2.75, 3.05) is 5.75 Å². The van der Waals surface area contributed by atoms with Gasteiger partial charge in [-0.3, -0.25) is 11.3 Å². The van der Waals surface area contributed by atoms with E-state index in [1.807, 2.05) is 25.1 Å². The first-order valence-corrected chi connectivity index (χ1v) is 8.83. The summed E-state index contributed by atoms with van der Waals surface area (Å²) in [4.78, 5) is 1.22. The van der Waals surface area contributed by atoms with Gasteiger partial charge in [0.15, 0.2) is 0 Å². The number of nitrogens with one attached hydrogen (secondary N) is 1. The maximum atomic E-state index is 6.29. The van der Waals surface area contributed by atoms with Crippen molar-refractivity contribution >= 4 is 39.3 Å². The average molecular weight is 386 g/mol. The topological polar surface area (TPSA) is 38.0 Å². The largest absolute Gasteiger partial charge is 0.271 e. The summed E-state index contributed by atoms with van der Waals surface area (Å²) >= 11 is 11.6. The van der Waals surface area contributed by atoms with Gasteiger partial charge < -0.3 is 0 Å². The van der Waals surface area contributed by atoms with E-state index in [1.54, 1.807) is 11.8 Å². The number of hydrogen-bond donors (Lipinski definition) is 2. The molecule has 2 aromatic carbocycles. The minimum atomic E-state index is 0.175. The molecule has 0 saturated heterocycles. The molecule has 1 atom stereocenters. The second kappa shape index (κ2) is 8.20. The molecule has 2 nitrogen and oxygen atoms in total. The summed E-state index contributed by atoms with van der Waals surface area (Å²) in [6.45, 7) is 2.04. The summed E-state index contributed by atoms with van der Waals surface area (Å²) in [7, 11) is 0. The van der Waals surface area contributed by atoms with Crippen LogP contribution in [0.3, 0.4) is 0 Å². The number of nitrogens with two attached hydrogens (primary N) is 1. The molecule has 1 unspecified atom stereocenters. The first-order valence-electron chi connectivity index (χ1n) is 6.68. The summed E-state index contributed by atoms with van der Waals surface area (Å²) < 4.78 is 1.09. The van der Waals surface area contributed by atoms with Crippen molar-refractivity contribution in [3.63, 3.8) is 0 Å². The predicted octanol–water partition coefficient (Wildman–Crippen LogP) is 4.58. The molecule has 2 rings (SSSR count). The minimum Gasteiger partial charge on any atom is -0.271 e. The van der Waals surface area contributed by atoms with Gasteiger partial charge in [0.25, 0.3) is 0 Å². The monoisotopic (exact) mass is 384 g/mol. The van der Waals surface area contributed by atoms with Gasteiger partial charge in [0.2, 0.25) is 0 Å². The molecule has 0 aliphatic heterocycles. The SMILES string of the molecule is Cc1ccc(CC(CSc2cccc(Br)c2)NN)c(Cl)c1. The Labute approximate surface area is 143 Å². The molecule has 0 bridgehead atoms. The second-order valence-electron chi connectivity index (χ2n) is 4.93. The van der Waals surface area contributed by atoms with Gasteiger partial charge in [-0.1, -0.05) is 45.7 Å². The quantitative estimate of drug-likeness (QED) is 0.434. The van der Waals surface area contributed by atoms with Crippen LogP contribution in [0.2, 0.25) is 5.02 Å². The van der Waals surface area contributed by atoms with E-state index in [4.69, 9.17) is 17.4 Å². The van der Waals surface area contributed by atoms with Gasteiger partial charge in [-0.15, -0.1) is 11.8 Å². The Bertz CT molecular complexity index is 607. The number of aryl methyl sites for hydroxylation is 1. The maximum absolute atomic E-state index is 6.29. The van der Waals surface area contributed by atoms with Crippen LogP contribution in [0, 0.1) is 6.92 Å². The fourth-order valence-electron chi connectivity index (χ4n) is 2.00. The van der Waals surface area contributed by atoms with Gasteiger partial charge in [0.1, 0.15) is 0 Å². The van der Waals surface area contributed by atoms with E-state index < -0.39 is 0 Å². The molecule has 0 aromatic heterocycles. The van der Waals surface area contributed by atoms with Crippen LogP contribution in [-0.2, 0) is 6.42 Å². The van der Waals surface area contributed by atoms with E-state index in [1.165, 1.54) is 10.5 Å². The number of halogens is 2. The molecular formula is C16H18BrClN2S. The molecule has 0 spiro atoms. The molecule has 0 radical (unpaired) electrons. The van der Waals surface area contributed by atoms with Crippen molar-refractivity contribution in [1.82, 2.24) is 5.43 Å². The van der Waals surface area contributed by atoms with Gasteiger partial charge in [-0.2, -0.15) is 0 Å². The summed E-state index contributed by atoms with van der Waals surface area (Å²) in [6.07, 6.45) is 0.816. The third kappa shape index (κ3) is 5.31. The van der Waals surface area contributed by atoms with Gasteiger partial charge in [-0.05, 0) is 48.7 Å². The van der Waals surface area contributed by atoms with Crippen molar-refractivity contribution in [3.8, 4) is 0 Å². The summed E-state index contributed by atoms with van der Waals surface area (Å²) in [5, 5.41) is 0.808. The van der Waals surface area contributed by atoms with Crippen molar-refractivity contribution in [3.05, 3.63) is 63.1 Å². The van der Waals surface area contributed by atoms with E-state index in [9.17, 15) is 0 Å². The summed E-state index contributed by atoms with van der Waals surface area (Å²) in [6, 6.07) is 14.6. The van der Waals surface area contributed by atoms with Gasteiger partial charge >= 0.3 is 0 Å². The van der Waals surface area contributed by atoms with Crippen LogP contribution in [0.15, 0.2) is 51.8 Å². The summed E-state index contributed by atoms with van der Waals surface area (Å²) in [5.41, 5.74) is 5.18. The zero-order valence-corrected chi connectivity index (χ0v) is 14.9. The van der Waals surface area contributed by atoms with E-state index >= 15 is 0 Å². The van der Waals surface area contributed by atoms with E-state index in [0.717, 1.165) is 27.2 Å². The zero-order chi connectivity index (χ0) is 15.2. The van der Waals surface area contributed by atoms with Crippen molar-refractivity contribution < 1.29 is 0 Å². The third-order valence-electron chi connectivity index (χ3n) is 3.16. The van der Waals surface area contributed by atoms with Crippen molar-refractivity contribution in [2.45, 2.75) is 24.3 Å². The Kier molecular flexibility index (Phi) is 6.58. The molecule has 0 aliphatic rings. The molecule has 0 saturated carbocycles. The molecule has 21 heavy (non-hydrogen) atoms. The molecule has 0 heterocycles. The molecular weight excluding hydrogens is 368 g/mol. The lowest BCUT2D eigenvalue weighted by Crippen LogP contribution is -2.38. The lowest BCUT2D eigenvalue weighted by atomic mass is 10.1. The van der Waals surface area contributed by atoms with Gasteiger partial charge in [-0.25, -0.2) is 0 Å². The first kappa shape index (κ1) is 16.8. The normalized spacial score (nSPS) is 12.4. The lowest BCUT2D eigenvalue weighted by Gasteiger charge is -2.16. The van der Waals surface area contributed by atoms with Crippen molar-refractivity contribution in [1.29, 1.82) is 0 Å². The van der Waals surface area contributed by atoms with Gasteiger partial charge in [0, 0.05) is 26.2 Å². The number of benzene rings is 2. The average Bonchev–Trinajstić information content (AvgIpc) is 2.45. The minimum absolute atomic E-state index is 0.175. The second-order valence-corrected chi connectivity index (χ2v) is 7.35. The Hall–Kier alpha value is -0.520. The van der Waals surface area contributed by atoms with Crippen LogP contribution in [0.1, 0.15) is 11.1 Å². The van der Waals surface area contributed by atoms with Crippen molar-refractivity contribution in [2.24, 2.45) is 5.84 Å². The third-order valence-corrected chi connectivity index (χ3v) is 5.16. The highest BCUT2D eigenvalue weighted by Crippen LogP contribution is 2.24. The highest BCUT2D eigenvalue weighted by Gasteiger charge is 2.11. The van der Waals surface area contributed by atoms with Crippen LogP contribution in [0.5, 0.6) is 0 Å². The molecule has 5 heteroatoms. The predicted molar refractivity (Wildman–Crippen MR) is 95.9 cm³/mol. The number of hydrazine groups is 1. The Morgan fingerprint density at radius 1 is 1.29 bits per heavy atom. The van der Waals surface area contributed by atoms with Crippen LogP contribution >= 0.6 is 39.3 Å². The first-order chi connectivity index (χ1) is 10.1.